The summed E-state index contributed by atoms with van der Waals surface area (Å²) >= 11 is 0. The lowest BCUT2D eigenvalue weighted by Gasteiger charge is -2.28. The normalized spacial score (nSPS) is 14.0. The number of aliphatic hydroxyl groups is 1. The standard InChI is InChI=1S/C20H18O11/c21-12-3-1-10(7-14(12)23)5-6-31-18(27)16(17(25)26)20(30,19(28)29)9-11-2-4-13(22)15(24)8-11/h1-8,16,21-24,30H,9H2,(H,25,26)(H,28,29)/b6-5+/t16-,20-/m1/s1. The Balaban J connectivity index is 2.28. The first-order valence-electron chi connectivity index (χ1n) is 8.54. The molecule has 0 saturated heterocycles. The van der Waals surface area contributed by atoms with Gasteiger partial charge in [0.25, 0.3) is 0 Å². The highest BCUT2D eigenvalue weighted by molar-refractivity contribution is 6.01. The maximum atomic E-state index is 12.3. The van der Waals surface area contributed by atoms with Gasteiger partial charge in [-0.2, -0.15) is 0 Å². The first kappa shape index (κ1) is 23.0. The monoisotopic (exact) mass is 434 g/mol. The van der Waals surface area contributed by atoms with E-state index in [9.17, 15) is 50.1 Å². The van der Waals surface area contributed by atoms with Crippen LogP contribution in [0.4, 0.5) is 0 Å². The van der Waals surface area contributed by atoms with E-state index in [0.717, 1.165) is 42.7 Å². The topological polar surface area (TPSA) is 202 Å². The number of carboxylic acid groups (broad SMARTS) is 2. The molecule has 0 radical (unpaired) electrons. The number of benzene rings is 2. The van der Waals surface area contributed by atoms with Gasteiger partial charge in [0, 0.05) is 6.42 Å². The van der Waals surface area contributed by atoms with Crippen LogP contribution >= 0.6 is 0 Å². The SMILES string of the molecule is O=C(O)[C@H](C(=O)O/C=C/c1ccc(O)c(O)c1)[C@](O)(Cc1ccc(O)c(O)c1)C(=O)O. The van der Waals surface area contributed by atoms with Crippen molar-refractivity contribution in [2.24, 2.45) is 5.92 Å². The zero-order valence-corrected chi connectivity index (χ0v) is 15.7. The fraction of sp³-hybridized carbons (Fsp3) is 0.150. The molecule has 2 aromatic carbocycles. The highest BCUT2D eigenvalue weighted by atomic mass is 16.5. The molecule has 0 unspecified atom stereocenters. The lowest BCUT2D eigenvalue weighted by Crippen LogP contribution is -2.54. The van der Waals surface area contributed by atoms with Gasteiger partial charge in [-0.3, -0.25) is 9.59 Å². The van der Waals surface area contributed by atoms with Gasteiger partial charge in [-0.25, -0.2) is 4.79 Å². The summed E-state index contributed by atoms with van der Waals surface area (Å²) in [5, 5.41) is 66.9. The number of esters is 1. The quantitative estimate of drug-likeness (QED) is 0.134. The van der Waals surface area contributed by atoms with E-state index in [1.807, 2.05) is 0 Å². The summed E-state index contributed by atoms with van der Waals surface area (Å²) in [4.78, 5) is 35.6. The molecule has 11 nitrogen and oxygen atoms in total. The number of carbonyl (C=O) groups excluding carboxylic acids is 1. The zero-order chi connectivity index (χ0) is 23.3. The third-order valence-electron chi connectivity index (χ3n) is 4.29. The van der Waals surface area contributed by atoms with Gasteiger partial charge in [-0.15, -0.1) is 0 Å². The van der Waals surface area contributed by atoms with Crippen molar-refractivity contribution in [1.82, 2.24) is 0 Å². The summed E-state index contributed by atoms with van der Waals surface area (Å²) < 4.78 is 4.66. The Morgan fingerprint density at radius 3 is 2.00 bits per heavy atom. The van der Waals surface area contributed by atoms with Crippen molar-refractivity contribution < 1.29 is 54.9 Å². The zero-order valence-electron chi connectivity index (χ0n) is 15.7. The van der Waals surface area contributed by atoms with Gasteiger partial charge >= 0.3 is 17.9 Å². The molecule has 2 aromatic rings. The van der Waals surface area contributed by atoms with Crippen molar-refractivity contribution in [2.45, 2.75) is 12.0 Å². The Morgan fingerprint density at radius 2 is 1.48 bits per heavy atom. The summed E-state index contributed by atoms with van der Waals surface area (Å²) in [5.41, 5.74) is -2.98. The predicted octanol–water partition coefficient (Wildman–Crippen LogP) is 0.782. The maximum absolute atomic E-state index is 12.3. The predicted molar refractivity (Wildman–Crippen MR) is 102 cm³/mol. The fourth-order valence-electron chi connectivity index (χ4n) is 2.68. The number of aliphatic carboxylic acids is 2. The lowest BCUT2D eigenvalue weighted by atomic mass is 9.82. The molecular formula is C20H18O11. The van der Waals surface area contributed by atoms with E-state index in [4.69, 9.17) is 0 Å². The average molecular weight is 434 g/mol. The number of aromatic hydroxyl groups is 4. The average Bonchev–Trinajstić information content (AvgIpc) is 2.67. The van der Waals surface area contributed by atoms with Gasteiger partial charge in [-0.05, 0) is 41.5 Å². The van der Waals surface area contributed by atoms with E-state index >= 15 is 0 Å². The fourth-order valence-corrected chi connectivity index (χ4v) is 2.68. The molecular weight excluding hydrogens is 416 g/mol. The molecule has 164 valence electrons. The number of carbonyl (C=O) groups is 3. The second-order valence-corrected chi connectivity index (χ2v) is 6.49. The molecule has 0 saturated carbocycles. The van der Waals surface area contributed by atoms with E-state index in [0.29, 0.717) is 0 Å². The third-order valence-corrected chi connectivity index (χ3v) is 4.29. The lowest BCUT2D eigenvalue weighted by molar-refractivity contribution is -0.182. The highest BCUT2D eigenvalue weighted by Gasteiger charge is 2.53. The van der Waals surface area contributed by atoms with Crippen LogP contribution in [0.15, 0.2) is 42.7 Å². The van der Waals surface area contributed by atoms with Crippen molar-refractivity contribution in [3.63, 3.8) is 0 Å². The summed E-state index contributed by atoms with van der Waals surface area (Å²) in [6.07, 6.45) is 0.935. The van der Waals surface area contributed by atoms with E-state index < -0.39 is 58.8 Å². The van der Waals surface area contributed by atoms with Crippen molar-refractivity contribution in [3.05, 3.63) is 53.8 Å². The molecule has 7 N–H and O–H groups in total. The molecule has 0 fully saturated rings. The number of carboxylic acids is 2. The number of ether oxygens (including phenoxy) is 1. The van der Waals surface area contributed by atoms with Crippen LogP contribution in [-0.4, -0.2) is 59.3 Å². The molecule has 0 amide bonds. The molecule has 0 aromatic heterocycles. The van der Waals surface area contributed by atoms with Crippen LogP contribution in [0.5, 0.6) is 23.0 Å². The second-order valence-electron chi connectivity index (χ2n) is 6.49. The Bertz CT molecular complexity index is 1040. The van der Waals surface area contributed by atoms with E-state index in [-0.39, 0.29) is 11.1 Å². The van der Waals surface area contributed by atoms with Crippen molar-refractivity contribution in [3.8, 4) is 23.0 Å². The van der Waals surface area contributed by atoms with Crippen LogP contribution in [0.3, 0.4) is 0 Å². The van der Waals surface area contributed by atoms with Crippen molar-refractivity contribution in [2.75, 3.05) is 0 Å². The van der Waals surface area contributed by atoms with Gasteiger partial charge in [0.05, 0.1) is 6.26 Å². The molecule has 0 aliphatic carbocycles. The van der Waals surface area contributed by atoms with Crippen LogP contribution in [0.1, 0.15) is 11.1 Å². The Hall–Kier alpha value is -4.25. The van der Waals surface area contributed by atoms with Crippen molar-refractivity contribution >= 4 is 24.0 Å². The minimum Gasteiger partial charge on any atom is -0.504 e. The summed E-state index contributed by atoms with van der Waals surface area (Å²) in [5.74, 6) is -10.2. The summed E-state index contributed by atoms with van der Waals surface area (Å²) in [7, 11) is 0. The Kier molecular flexibility index (Phi) is 6.72. The molecule has 31 heavy (non-hydrogen) atoms. The molecule has 2 rings (SSSR count). The number of hydrogen-bond donors (Lipinski definition) is 7. The van der Waals surface area contributed by atoms with Gasteiger partial charge < -0.3 is 40.5 Å². The van der Waals surface area contributed by atoms with Crippen LogP contribution in [0.2, 0.25) is 0 Å². The number of hydrogen-bond acceptors (Lipinski definition) is 9. The molecule has 0 bridgehead atoms. The van der Waals surface area contributed by atoms with Crippen LogP contribution in [0, 0.1) is 5.92 Å². The Morgan fingerprint density at radius 1 is 0.903 bits per heavy atom. The van der Waals surface area contributed by atoms with Gasteiger partial charge in [-0.1, -0.05) is 12.1 Å². The highest BCUT2D eigenvalue weighted by Crippen LogP contribution is 2.30. The molecule has 0 spiro atoms. The van der Waals surface area contributed by atoms with Crippen LogP contribution in [-0.2, 0) is 25.5 Å². The largest absolute Gasteiger partial charge is 0.504 e. The molecule has 0 aliphatic rings. The van der Waals surface area contributed by atoms with Crippen molar-refractivity contribution in [1.29, 1.82) is 0 Å². The first-order valence-corrected chi connectivity index (χ1v) is 8.54. The smallest absolute Gasteiger partial charge is 0.337 e. The molecule has 2 atom stereocenters. The Labute approximate surface area is 174 Å². The first-order chi connectivity index (χ1) is 14.5. The third kappa shape index (κ3) is 5.22. The van der Waals surface area contributed by atoms with E-state index in [1.165, 1.54) is 6.07 Å². The number of phenols is 4. The van der Waals surface area contributed by atoms with E-state index in [2.05, 4.69) is 4.74 Å². The summed E-state index contributed by atoms with van der Waals surface area (Å²) in [6.45, 7) is 0. The maximum Gasteiger partial charge on any atom is 0.337 e. The number of rotatable bonds is 8. The summed E-state index contributed by atoms with van der Waals surface area (Å²) in [6, 6.07) is 6.62. The minimum atomic E-state index is -3.16. The van der Waals surface area contributed by atoms with Gasteiger partial charge in [0.1, 0.15) is 0 Å². The second kappa shape index (κ2) is 9.05. The van der Waals surface area contributed by atoms with Crippen LogP contribution in [0.25, 0.3) is 6.08 Å². The molecule has 11 heteroatoms. The van der Waals surface area contributed by atoms with Gasteiger partial charge in [0.15, 0.2) is 34.5 Å². The van der Waals surface area contributed by atoms with Crippen LogP contribution < -0.4 is 0 Å². The molecule has 0 aliphatic heterocycles. The van der Waals surface area contributed by atoms with Gasteiger partial charge in [0.2, 0.25) is 0 Å². The minimum absolute atomic E-state index is 0.0747. The van der Waals surface area contributed by atoms with E-state index in [1.54, 1.807) is 0 Å². The number of phenolic OH excluding ortho intramolecular Hbond substituents is 4. The molecule has 0 heterocycles.